The Kier molecular flexibility index (Phi) is 8.89. The molecule has 0 saturated carbocycles. The summed E-state index contributed by atoms with van der Waals surface area (Å²) in [5.74, 6) is 0.751. The van der Waals surface area contributed by atoms with Gasteiger partial charge in [0.1, 0.15) is 0 Å². The lowest BCUT2D eigenvalue weighted by Gasteiger charge is -2.39. The molecule has 0 bridgehead atoms. The SMILES string of the molecule is CCC(CC)N(CC(C)C)CC(C)(CC)CNC. The van der Waals surface area contributed by atoms with Crippen LogP contribution in [0.1, 0.15) is 60.8 Å². The van der Waals surface area contributed by atoms with E-state index < -0.39 is 0 Å². The van der Waals surface area contributed by atoms with Gasteiger partial charge in [-0.25, -0.2) is 0 Å². The topological polar surface area (TPSA) is 15.3 Å². The molecule has 2 nitrogen and oxygen atoms in total. The summed E-state index contributed by atoms with van der Waals surface area (Å²) in [6.07, 6.45) is 3.77. The van der Waals surface area contributed by atoms with Gasteiger partial charge in [0.2, 0.25) is 0 Å². The van der Waals surface area contributed by atoms with Gasteiger partial charge in [0.15, 0.2) is 0 Å². The van der Waals surface area contributed by atoms with Crippen LogP contribution >= 0.6 is 0 Å². The minimum Gasteiger partial charge on any atom is -0.319 e. The second-order valence-electron chi connectivity index (χ2n) is 6.49. The largest absolute Gasteiger partial charge is 0.319 e. The molecule has 110 valence electrons. The molecule has 0 radical (unpaired) electrons. The molecule has 0 amide bonds. The van der Waals surface area contributed by atoms with E-state index in [0.717, 1.165) is 18.5 Å². The maximum absolute atomic E-state index is 3.37. The summed E-state index contributed by atoms with van der Waals surface area (Å²) < 4.78 is 0. The minimum absolute atomic E-state index is 0.395. The Labute approximate surface area is 116 Å². The summed E-state index contributed by atoms with van der Waals surface area (Å²) >= 11 is 0. The van der Waals surface area contributed by atoms with Crippen LogP contribution in [0.15, 0.2) is 0 Å². The van der Waals surface area contributed by atoms with E-state index in [1.54, 1.807) is 0 Å². The fraction of sp³-hybridized carbons (Fsp3) is 1.00. The van der Waals surface area contributed by atoms with Crippen LogP contribution in [-0.2, 0) is 0 Å². The molecule has 18 heavy (non-hydrogen) atoms. The van der Waals surface area contributed by atoms with E-state index in [2.05, 4.69) is 58.8 Å². The van der Waals surface area contributed by atoms with Crippen LogP contribution in [0, 0.1) is 11.3 Å². The quantitative estimate of drug-likeness (QED) is 0.640. The van der Waals surface area contributed by atoms with Crippen molar-refractivity contribution in [3.8, 4) is 0 Å². The Morgan fingerprint density at radius 2 is 1.67 bits per heavy atom. The average molecular weight is 256 g/mol. The van der Waals surface area contributed by atoms with E-state index in [1.165, 1.54) is 32.4 Å². The molecule has 1 atom stereocenters. The summed E-state index contributed by atoms with van der Waals surface area (Å²) in [4.78, 5) is 2.73. The molecule has 0 fully saturated rings. The van der Waals surface area contributed by atoms with Crippen molar-refractivity contribution in [3.05, 3.63) is 0 Å². The summed E-state index contributed by atoms with van der Waals surface area (Å²) in [7, 11) is 2.07. The summed E-state index contributed by atoms with van der Waals surface area (Å²) in [5.41, 5.74) is 0.395. The van der Waals surface area contributed by atoms with Crippen molar-refractivity contribution in [3.63, 3.8) is 0 Å². The maximum Gasteiger partial charge on any atom is 0.00903 e. The number of nitrogens with zero attached hydrogens (tertiary/aromatic N) is 1. The summed E-state index contributed by atoms with van der Waals surface area (Å²) in [6, 6.07) is 0.745. The van der Waals surface area contributed by atoms with E-state index in [0.29, 0.717) is 5.41 Å². The van der Waals surface area contributed by atoms with Crippen LogP contribution in [0.4, 0.5) is 0 Å². The molecule has 0 aromatic carbocycles. The van der Waals surface area contributed by atoms with Crippen molar-refractivity contribution in [1.29, 1.82) is 0 Å². The van der Waals surface area contributed by atoms with E-state index >= 15 is 0 Å². The first-order chi connectivity index (χ1) is 8.42. The molecule has 0 aromatic heterocycles. The zero-order valence-corrected chi connectivity index (χ0v) is 13.8. The Hall–Kier alpha value is -0.0800. The van der Waals surface area contributed by atoms with Crippen LogP contribution in [-0.4, -0.2) is 37.6 Å². The van der Waals surface area contributed by atoms with Crippen LogP contribution < -0.4 is 5.32 Å². The number of nitrogens with one attached hydrogen (secondary N) is 1. The molecule has 0 spiro atoms. The van der Waals surface area contributed by atoms with Crippen molar-refractivity contribution in [2.24, 2.45) is 11.3 Å². The van der Waals surface area contributed by atoms with Crippen molar-refractivity contribution in [2.75, 3.05) is 26.7 Å². The molecule has 0 heterocycles. The van der Waals surface area contributed by atoms with Gasteiger partial charge in [0, 0.05) is 25.7 Å². The second kappa shape index (κ2) is 8.92. The second-order valence-corrected chi connectivity index (χ2v) is 6.49. The van der Waals surface area contributed by atoms with Crippen molar-refractivity contribution < 1.29 is 0 Å². The van der Waals surface area contributed by atoms with Gasteiger partial charge in [-0.05, 0) is 37.6 Å². The van der Waals surface area contributed by atoms with Crippen LogP contribution in [0.3, 0.4) is 0 Å². The predicted octanol–water partition coefficient (Wildman–Crippen LogP) is 3.77. The molecule has 1 N–H and O–H groups in total. The van der Waals surface area contributed by atoms with Gasteiger partial charge in [-0.1, -0.05) is 41.5 Å². The summed E-state index contributed by atoms with van der Waals surface area (Å²) in [5, 5.41) is 3.37. The summed E-state index contributed by atoms with van der Waals surface area (Å²) in [6.45, 7) is 17.6. The van der Waals surface area contributed by atoms with Gasteiger partial charge >= 0.3 is 0 Å². The highest BCUT2D eigenvalue weighted by Crippen LogP contribution is 2.24. The van der Waals surface area contributed by atoms with Crippen molar-refractivity contribution in [2.45, 2.75) is 66.8 Å². The van der Waals surface area contributed by atoms with Crippen LogP contribution in [0.5, 0.6) is 0 Å². The van der Waals surface area contributed by atoms with Gasteiger partial charge in [-0.2, -0.15) is 0 Å². The Balaban J connectivity index is 4.73. The average Bonchev–Trinajstić information content (AvgIpc) is 2.30. The highest BCUT2D eigenvalue weighted by Gasteiger charge is 2.27. The number of hydrogen-bond donors (Lipinski definition) is 1. The zero-order chi connectivity index (χ0) is 14.2. The molecule has 2 heteroatoms. The molecule has 0 saturated heterocycles. The molecular formula is C16H36N2. The van der Waals surface area contributed by atoms with Crippen LogP contribution in [0.2, 0.25) is 0 Å². The van der Waals surface area contributed by atoms with Gasteiger partial charge in [-0.15, -0.1) is 0 Å². The molecule has 0 aliphatic heterocycles. The monoisotopic (exact) mass is 256 g/mol. The van der Waals surface area contributed by atoms with Gasteiger partial charge in [-0.3, -0.25) is 4.90 Å². The zero-order valence-electron chi connectivity index (χ0n) is 13.8. The third kappa shape index (κ3) is 6.19. The fourth-order valence-corrected chi connectivity index (χ4v) is 2.83. The van der Waals surface area contributed by atoms with Crippen molar-refractivity contribution in [1.82, 2.24) is 10.2 Å². The van der Waals surface area contributed by atoms with Crippen LogP contribution in [0.25, 0.3) is 0 Å². The van der Waals surface area contributed by atoms with Gasteiger partial charge in [0.05, 0.1) is 0 Å². The molecular weight excluding hydrogens is 220 g/mol. The first kappa shape index (κ1) is 17.9. The smallest absolute Gasteiger partial charge is 0.00903 e. The lowest BCUT2D eigenvalue weighted by Crippen LogP contribution is -2.46. The lowest BCUT2D eigenvalue weighted by molar-refractivity contribution is 0.0969. The Bertz CT molecular complexity index is 199. The number of rotatable bonds is 10. The lowest BCUT2D eigenvalue weighted by atomic mass is 9.85. The van der Waals surface area contributed by atoms with E-state index in [-0.39, 0.29) is 0 Å². The number of hydrogen-bond acceptors (Lipinski definition) is 2. The molecule has 0 aliphatic carbocycles. The molecule has 0 aromatic rings. The Morgan fingerprint density at radius 1 is 1.11 bits per heavy atom. The third-order valence-corrected chi connectivity index (χ3v) is 4.10. The van der Waals surface area contributed by atoms with E-state index in [1.807, 2.05) is 0 Å². The highest BCUT2D eigenvalue weighted by atomic mass is 15.2. The maximum atomic E-state index is 3.37. The van der Waals surface area contributed by atoms with Gasteiger partial charge in [0.25, 0.3) is 0 Å². The fourth-order valence-electron chi connectivity index (χ4n) is 2.83. The third-order valence-electron chi connectivity index (χ3n) is 4.10. The highest BCUT2D eigenvalue weighted by molar-refractivity contribution is 4.82. The van der Waals surface area contributed by atoms with E-state index in [4.69, 9.17) is 0 Å². The molecule has 1 unspecified atom stereocenters. The van der Waals surface area contributed by atoms with Crippen molar-refractivity contribution >= 4 is 0 Å². The predicted molar refractivity (Wildman–Crippen MR) is 83.1 cm³/mol. The molecule has 0 aliphatic rings. The standard InChI is InChI=1S/C16H36N2/c1-8-15(9-2)18(11-14(4)5)13-16(6,10-3)12-17-7/h14-15,17H,8-13H2,1-7H3. The normalized spacial score (nSPS) is 15.7. The molecule has 0 rings (SSSR count). The Morgan fingerprint density at radius 3 is 2.00 bits per heavy atom. The van der Waals surface area contributed by atoms with E-state index in [9.17, 15) is 0 Å². The van der Waals surface area contributed by atoms with Gasteiger partial charge < -0.3 is 5.32 Å². The first-order valence-corrected chi connectivity index (χ1v) is 7.81. The minimum atomic E-state index is 0.395. The first-order valence-electron chi connectivity index (χ1n) is 7.81.